The SMILES string of the molecule is Cn1cc(C(C)(O)CNC(=O)Nc2ccncc2)cn1. The molecule has 7 nitrogen and oxygen atoms in total. The van der Waals surface area contributed by atoms with E-state index >= 15 is 0 Å². The Morgan fingerprint density at radius 3 is 2.75 bits per heavy atom. The number of rotatable bonds is 4. The van der Waals surface area contributed by atoms with Crippen molar-refractivity contribution in [2.24, 2.45) is 7.05 Å². The molecule has 1 atom stereocenters. The zero-order chi connectivity index (χ0) is 14.6. The third-order valence-corrected chi connectivity index (χ3v) is 2.86. The first-order chi connectivity index (χ1) is 9.47. The summed E-state index contributed by atoms with van der Waals surface area (Å²) in [6.07, 6.45) is 6.45. The van der Waals surface area contributed by atoms with Gasteiger partial charge in [0.25, 0.3) is 0 Å². The maximum absolute atomic E-state index is 11.7. The van der Waals surface area contributed by atoms with E-state index in [4.69, 9.17) is 0 Å². The van der Waals surface area contributed by atoms with Gasteiger partial charge in [0.05, 0.1) is 12.7 Å². The van der Waals surface area contributed by atoms with E-state index in [2.05, 4.69) is 20.7 Å². The number of aromatic nitrogens is 3. The van der Waals surface area contributed by atoms with Crippen LogP contribution in [0.15, 0.2) is 36.9 Å². The van der Waals surface area contributed by atoms with Crippen molar-refractivity contribution in [2.45, 2.75) is 12.5 Å². The molecule has 0 fully saturated rings. The molecule has 0 saturated carbocycles. The lowest BCUT2D eigenvalue weighted by molar-refractivity contribution is 0.0599. The number of carbonyl (C=O) groups excluding carboxylic acids is 1. The quantitative estimate of drug-likeness (QED) is 0.771. The second-order valence-electron chi connectivity index (χ2n) is 4.72. The minimum absolute atomic E-state index is 0.0790. The highest BCUT2D eigenvalue weighted by Gasteiger charge is 2.25. The standard InChI is InChI=1S/C13H17N5O2/c1-13(20,10-7-16-18(2)8-10)9-15-12(19)17-11-3-5-14-6-4-11/h3-8,20H,9H2,1-2H3,(H2,14,15,17,19). The molecule has 0 aromatic carbocycles. The highest BCUT2D eigenvalue weighted by molar-refractivity contribution is 5.89. The minimum atomic E-state index is -1.18. The van der Waals surface area contributed by atoms with Crippen molar-refractivity contribution in [3.8, 4) is 0 Å². The molecule has 0 bridgehead atoms. The molecule has 2 amide bonds. The zero-order valence-corrected chi connectivity index (χ0v) is 11.4. The van der Waals surface area contributed by atoms with Crippen LogP contribution >= 0.6 is 0 Å². The van der Waals surface area contributed by atoms with E-state index in [0.717, 1.165) is 0 Å². The first-order valence-corrected chi connectivity index (χ1v) is 6.14. The van der Waals surface area contributed by atoms with Gasteiger partial charge in [-0.25, -0.2) is 4.79 Å². The third kappa shape index (κ3) is 3.55. The first kappa shape index (κ1) is 14.0. The van der Waals surface area contributed by atoms with E-state index in [1.54, 1.807) is 55.6 Å². The number of nitrogens with zero attached hydrogens (tertiary/aromatic N) is 3. The zero-order valence-electron chi connectivity index (χ0n) is 11.4. The van der Waals surface area contributed by atoms with Gasteiger partial charge in [0, 0.05) is 36.9 Å². The lowest BCUT2D eigenvalue weighted by Gasteiger charge is -2.22. The molecule has 0 radical (unpaired) electrons. The molecule has 2 heterocycles. The topological polar surface area (TPSA) is 92.1 Å². The molecule has 20 heavy (non-hydrogen) atoms. The highest BCUT2D eigenvalue weighted by atomic mass is 16.3. The number of anilines is 1. The van der Waals surface area contributed by atoms with Crippen molar-refractivity contribution in [1.82, 2.24) is 20.1 Å². The van der Waals surface area contributed by atoms with Crippen molar-refractivity contribution in [3.63, 3.8) is 0 Å². The number of pyridine rings is 1. The summed E-state index contributed by atoms with van der Waals surface area (Å²) in [5, 5.41) is 19.6. The predicted molar refractivity (Wildman–Crippen MR) is 74.0 cm³/mol. The van der Waals surface area contributed by atoms with Crippen LogP contribution in [0.5, 0.6) is 0 Å². The Morgan fingerprint density at radius 2 is 2.15 bits per heavy atom. The Morgan fingerprint density at radius 1 is 1.45 bits per heavy atom. The Hall–Kier alpha value is -2.41. The van der Waals surface area contributed by atoms with Crippen molar-refractivity contribution >= 4 is 11.7 Å². The fourth-order valence-electron chi connectivity index (χ4n) is 1.66. The molecule has 0 saturated heterocycles. The summed E-state index contributed by atoms with van der Waals surface area (Å²) >= 11 is 0. The summed E-state index contributed by atoms with van der Waals surface area (Å²) in [7, 11) is 1.77. The van der Waals surface area contributed by atoms with E-state index in [1.165, 1.54) is 0 Å². The van der Waals surface area contributed by atoms with E-state index in [9.17, 15) is 9.90 Å². The van der Waals surface area contributed by atoms with Gasteiger partial charge in [-0.05, 0) is 19.1 Å². The molecule has 0 aliphatic rings. The van der Waals surface area contributed by atoms with Crippen LogP contribution in [0.1, 0.15) is 12.5 Å². The predicted octanol–water partition coefficient (Wildman–Crippen LogP) is 0.844. The highest BCUT2D eigenvalue weighted by Crippen LogP contribution is 2.18. The van der Waals surface area contributed by atoms with E-state index in [-0.39, 0.29) is 12.6 Å². The van der Waals surface area contributed by atoms with Crippen LogP contribution in [-0.4, -0.2) is 32.4 Å². The van der Waals surface area contributed by atoms with Gasteiger partial charge in [-0.2, -0.15) is 5.10 Å². The molecule has 2 aromatic rings. The van der Waals surface area contributed by atoms with Gasteiger partial charge in [0.1, 0.15) is 5.60 Å². The molecule has 0 aliphatic heterocycles. The maximum atomic E-state index is 11.7. The number of hydrogen-bond donors (Lipinski definition) is 3. The number of carbonyl (C=O) groups is 1. The largest absolute Gasteiger partial charge is 0.383 e. The average molecular weight is 275 g/mol. The van der Waals surface area contributed by atoms with Gasteiger partial charge in [-0.3, -0.25) is 9.67 Å². The summed E-state index contributed by atoms with van der Waals surface area (Å²) in [4.78, 5) is 15.6. The van der Waals surface area contributed by atoms with Crippen LogP contribution in [0.25, 0.3) is 0 Å². The Bertz CT molecular complexity index is 579. The van der Waals surface area contributed by atoms with Crippen LogP contribution in [-0.2, 0) is 12.6 Å². The summed E-state index contributed by atoms with van der Waals surface area (Å²) in [6, 6.07) is 2.97. The van der Waals surface area contributed by atoms with Gasteiger partial charge in [-0.15, -0.1) is 0 Å². The lowest BCUT2D eigenvalue weighted by atomic mass is 10.00. The molecule has 0 spiro atoms. The second kappa shape index (κ2) is 5.70. The van der Waals surface area contributed by atoms with Crippen molar-refractivity contribution < 1.29 is 9.90 Å². The average Bonchev–Trinajstić information content (AvgIpc) is 2.85. The van der Waals surface area contributed by atoms with Crippen LogP contribution in [0, 0.1) is 0 Å². The van der Waals surface area contributed by atoms with Gasteiger partial charge in [-0.1, -0.05) is 0 Å². The van der Waals surface area contributed by atoms with E-state index < -0.39 is 5.60 Å². The van der Waals surface area contributed by atoms with Crippen LogP contribution in [0.4, 0.5) is 10.5 Å². The van der Waals surface area contributed by atoms with Crippen molar-refractivity contribution in [1.29, 1.82) is 0 Å². The Balaban J connectivity index is 1.89. The van der Waals surface area contributed by atoms with Gasteiger partial charge < -0.3 is 15.7 Å². The minimum Gasteiger partial charge on any atom is -0.383 e. The fraction of sp³-hybridized carbons (Fsp3) is 0.308. The van der Waals surface area contributed by atoms with Crippen molar-refractivity contribution in [2.75, 3.05) is 11.9 Å². The molecule has 3 N–H and O–H groups in total. The van der Waals surface area contributed by atoms with Gasteiger partial charge >= 0.3 is 6.03 Å². The first-order valence-electron chi connectivity index (χ1n) is 6.14. The monoisotopic (exact) mass is 275 g/mol. The van der Waals surface area contributed by atoms with Crippen LogP contribution in [0.2, 0.25) is 0 Å². The maximum Gasteiger partial charge on any atom is 0.319 e. The molecular formula is C13H17N5O2. The van der Waals surface area contributed by atoms with Gasteiger partial charge in [0.15, 0.2) is 0 Å². The number of urea groups is 1. The van der Waals surface area contributed by atoms with Crippen LogP contribution in [0.3, 0.4) is 0 Å². The second-order valence-corrected chi connectivity index (χ2v) is 4.72. The molecule has 106 valence electrons. The molecule has 1 unspecified atom stereocenters. The number of amides is 2. The molecule has 2 aromatic heterocycles. The fourth-order valence-corrected chi connectivity index (χ4v) is 1.66. The summed E-state index contributed by atoms with van der Waals surface area (Å²) in [6.45, 7) is 1.70. The van der Waals surface area contributed by atoms with E-state index in [1.807, 2.05) is 0 Å². The summed E-state index contributed by atoms with van der Waals surface area (Å²) in [5.41, 5.74) is 0.104. The third-order valence-electron chi connectivity index (χ3n) is 2.86. The lowest BCUT2D eigenvalue weighted by Crippen LogP contribution is -2.40. The van der Waals surface area contributed by atoms with Gasteiger partial charge in [0.2, 0.25) is 0 Å². The molecule has 7 heteroatoms. The number of aliphatic hydroxyl groups is 1. The molecule has 0 aliphatic carbocycles. The smallest absolute Gasteiger partial charge is 0.319 e. The summed E-state index contributed by atoms with van der Waals surface area (Å²) < 4.78 is 1.60. The van der Waals surface area contributed by atoms with E-state index in [0.29, 0.717) is 11.3 Å². The number of nitrogens with one attached hydrogen (secondary N) is 2. The number of hydrogen-bond acceptors (Lipinski definition) is 4. The van der Waals surface area contributed by atoms with Crippen molar-refractivity contribution in [3.05, 3.63) is 42.5 Å². The number of aryl methyl sites for hydroxylation is 1. The normalized spacial score (nSPS) is 13.6. The van der Waals surface area contributed by atoms with Crippen LogP contribution < -0.4 is 10.6 Å². The Labute approximate surface area is 116 Å². The summed E-state index contributed by atoms with van der Waals surface area (Å²) in [5.74, 6) is 0. The molecule has 2 rings (SSSR count). The Kier molecular flexibility index (Phi) is 3.99. The molecular weight excluding hydrogens is 258 g/mol.